The number of para-hydroxylation sites is 2. The first kappa shape index (κ1) is 20.7. The van der Waals surface area contributed by atoms with E-state index in [0.29, 0.717) is 34.3 Å². The van der Waals surface area contributed by atoms with Crippen molar-refractivity contribution in [2.45, 2.75) is 0 Å². The summed E-state index contributed by atoms with van der Waals surface area (Å²) in [6.07, 6.45) is 1.38. The monoisotopic (exact) mass is 427 g/mol. The van der Waals surface area contributed by atoms with Crippen molar-refractivity contribution in [1.82, 2.24) is 9.97 Å². The van der Waals surface area contributed by atoms with E-state index in [2.05, 4.69) is 20.6 Å². The first-order chi connectivity index (χ1) is 15.6. The van der Waals surface area contributed by atoms with Gasteiger partial charge in [-0.3, -0.25) is 0 Å². The molecule has 0 aliphatic heterocycles. The van der Waals surface area contributed by atoms with Crippen LogP contribution in [0.25, 0.3) is 0 Å². The molecule has 4 aromatic rings. The minimum atomic E-state index is -0.461. The Morgan fingerprint density at radius 2 is 1.44 bits per heavy atom. The number of esters is 1. The summed E-state index contributed by atoms with van der Waals surface area (Å²) in [6.45, 7) is 0. The molecule has 4 N–H and O–H groups in total. The average molecular weight is 427 g/mol. The Hall–Kier alpha value is -4.59. The number of benzene rings is 3. The van der Waals surface area contributed by atoms with Crippen LogP contribution in [0.1, 0.15) is 10.4 Å². The highest BCUT2D eigenvalue weighted by Gasteiger charge is 2.14. The summed E-state index contributed by atoms with van der Waals surface area (Å²) in [7, 11) is 1.33. The third kappa shape index (κ3) is 4.76. The molecule has 0 bridgehead atoms. The number of methoxy groups -OCH3 is 1. The van der Waals surface area contributed by atoms with Crippen LogP contribution in [-0.4, -0.2) is 23.0 Å². The molecule has 0 amide bonds. The topological polar surface area (TPSA) is 111 Å². The third-order valence-electron chi connectivity index (χ3n) is 4.57. The Morgan fingerprint density at radius 1 is 0.812 bits per heavy atom. The SMILES string of the molecule is COC(=O)c1ccccc1Nc1ncnc(Nc2ccc(Oc3ccccc3)cc2)c1N. The normalized spacial score (nSPS) is 10.3. The molecule has 8 nitrogen and oxygen atoms in total. The van der Waals surface area contributed by atoms with Gasteiger partial charge in [0, 0.05) is 5.69 Å². The van der Waals surface area contributed by atoms with Crippen molar-refractivity contribution in [1.29, 1.82) is 0 Å². The maximum Gasteiger partial charge on any atom is 0.339 e. The largest absolute Gasteiger partial charge is 0.465 e. The zero-order valence-electron chi connectivity index (χ0n) is 17.3. The van der Waals surface area contributed by atoms with Gasteiger partial charge in [0.15, 0.2) is 11.6 Å². The van der Waals surface area contributed by atoms with Crippen LogP contribution in [0.3, 0.4) is 0 Å². The molecule has 8 heteroatoms. The summed E-state index contributed by atoms with van der Waals surface area (Å²) in [6, 6.07) is 23.9. The number of carbonyl (C=O) groups excluding carboxylic acids is 1. The number of rotatable bonds is 7. The van der Waals surface area contributed by atoms with Crippen molar-refractivity contribution in [3.63, 3.8) is 0 Å². The van der Waals surface area contributed by atoms with Crippen LogP contribution in [0, 0.1) is 0 Å². The van der Waals surface area contributed by atoms with Crippen LogP contribution in [0.15, 0.2) is 85.2 Å². The predicted molar refractivity (Wildman–Crippen MR) is 124 cm³/mol. The fourth-order valence-electron chi connectivity index (χ4n) is 2.97. The number of hydrogen-bond donors (Lipinski definition) is 3. The third-order valence-corrected chi connectivity index (χ3v) is 4.57. The molecule has 0 radical (unpaired) electrons. The van der Waals surface area contributed by atoms with Crippen LogP contribution < -0.4 is 21.1 Å². The Labute approximate surface area is 185 Å². The minimum Gasteiger partial charge on any atom is -0.465 e. The molecule has 32 heavy (non-hydrogen) atoms. The Balaban J connectivity index is 1.50. The van der Waals surface area contributed by atoms with E-state index in [-0.39, 0.29) is 0 Å². The first-order valence-corrected chi connectivity index (χ1v) is 9.79. The summed E-state index contributed by atoms with van der Waals surface area (Å²) >= 11 is 0. The average Bonchev–Trinajstić information content (AvgIpc) is 2.83. The summed E-state index contributed by atoms with van der Waals surface area (Å²) in [5.41, 5.74) is 8.25. The Morgan fingerprint density at radius 3 is 2.16 bits per heavy atom. The number of nitrogens with two attached hydrogens (primary N) is 1. The van der Waals surface area contributed by atoms with E-state index in [9.17, 15) is 4.79 Å². The molecule has 0 spiro atoms. The standard InChI is InChI=1S/C24H21N5O3/c1-31-24(30)19-9-5-6-10-20(19)29-23-21(25)22(26-15-27-23)28-16-11-13-18(14-12-16)32-17-7-3-2-4-8-17/h2-15H,25H2,1H3,(H2,26,27,28,29). The summed E-state index contributed by atoms with van der Waals surface area (Å²) in [4.78, 5) is 20.4. The van der Waals surface area contributed by atoms with E-state index in [1.165, 1.54) is 13.4 Å². The smallest absolute Gasteiger partial charge is 0.339 e. The van der Waals surface area contributed by atoms with Gasteiger partial charge in [-0.05, 0) is 48.5 Å². The van der Waals surface area contributed by atoms with Crippen LogP contribution in [0.2, 0.25) is 0 Å². The summed E-state index contributed by atoms with van der Waals surface area (Å²) < 4.78 is 10.6. The molecule has 0 saturated heterocycles. The molecule has 0 aliphatic rings. The van der Waals surface area contributed by atoms with Crippen LogP contribution in [-0.2, 0) is 4.74 Å². The second-order valence-corrected chi connectivity index (χ2v) is 6.71. The molecule has 0 aliphatic carbocycles. The minimum absolute atomic E-state index is 0.303. The van der Waals surface area contributed by atoms with Gasteiger partial charge >= 0.3 is 5.97 Å². The van der Waals surface area contributed by atoms with E-state index >= 15 is 0 Å². The van der Waals surface area contributed by atoms with Gasteiger partial charge in [0.1, 0.15) is 23.5 Å². The molecule has 0 unspecified atom stereocenters. The van der Waals surface area contributed by atoms with E-state index in [0.717, 1.165) is 11.4 Å². The van der Waals surface area contributed by atoms with Gasteiger partial charge in [0.05, 0.1) is 18.4 Å². The number of hydrogen-bond acceptors (Lipinski definition) is 8. The molecule has 3 aromatic carbocycles. The predicted octanol–water partition coefficient (Wildman–Crippen LogP) is 5.12. The number of ether oxygens (including phenoxy) is 2. The molecule has 1 heterocycles. The van der Waals surface area contributed by atoms with E-state index in [1.54, 1.807) is 24.3 Å². The van der Waals surface area contributed by atoms with Crippen LogP contribution >= 0.6 is 0 Å². The van der Waals surface area contributed by atoms with Gasteiger partial charge in [-0.15, -0.1) is 0 Å². The molecule has 0 saturated carbocycles. The Bertz CT molecular complexity index is 1210. The van der Waals surface area contributed by atoms with Crippen LogP contribution in [0.4, 0.5) is 28.7 Å². The summed E-state index contributed by atoms with van der Waals surface area (Å²) in [5.74, 6) is 1.80. The molecule has 0 atom stereocenters. The highest BCUT2D eigenvalue weighted by atomic mass is 16.5. The fourth-order valence-corrected chi connectivity index (χ4v) is 2.97. The van der Waals surface area contributed by atoms with Gasteiger partial charge < -0.3 is 25.8 Å². The van der Waals surface area contributed by atoms with Gasteiger partial charge in [0.2, 0.25) is 0 Å². The van der Waals surface area contributed by atoms with Crippen LogP contribution in [0.5, 0.6) is 11.5 Å². The second-order valence-electron chi connectivity index (χ2n) is 6.71. The molecule has 4 rings (SSSR count). The molecule has 160 valence electrons. The van der Waals surface area contributed by atoms with Gasteiger partial charge in [-0.2, -0.15) is 0 Å². The van der Waals surface area contributed by atoms with Gasteiger partial charge in [0.25, 0.3) is 0 Å². The van der Waals surface area contributed by atoms with Gasteiger partial charge in [-0.1, -0.05) is 30.3 Å². The Kier molecular flexibility index (Phi) is 6.12. The number of aromatic nitrogens is 2. The number of carbonyl (C=O) groups is 1. The van der Waals surface area contributed by atoms with E-state index < -0.39 is 5.97 Å². The summed E-state index contributed by atoms with van der Waals surface area (Å²) in [5, 5.41) is 6.26. The lowest BCUT2D eigenvalue weighted by atomic mass is 10.2. The lowest BCUT2D eigenvalue weighted by Gasteiger charge is -2.14. The van der Waals surface area contributed by atoms with E-state index in [1.807, 2.05) is 54.6 Å². The zero-order chi connectivity index (χ0) is 22.3. The zero-order valence-corrected chi connectivity index (χ0v) is 17.3. The molecular weight excluding hydrogens is 406 g/mol. The lowest BCUT2D eigenvalue weighted by molar-refractivity contribution is 0.0602. The van der Waals surface area contributed by atoms with Crippen molar-refractivity contribution in [2.75, 3.05) is 23.5 Å². The van der Waals surface area contributed by atoms with Gasteiger partial charge in [-0.25, -0.2) is 14.8 Å². The fraction of sp³-hybridized carbons (Fsp3) is 0.0417. The van der Waals surface area contributed by atoms with Crippen molar-refractivity contribution in [3.05, 3.63) is 90.8 Å². The quantitative estimate of drug-likeness (QED) is 0.348. The van der Waals surface area contributed by atoms with Crippen molar-refractivity contribution >= 4 is 34.7 Å². The number of anilines is 5. The van der Waals surface area contributed by atoms with Crippen molar-refractivity contribution in [3.8, 4) is 11.5 Å². The maximum absolute atomic E-state index is 12.0. The maximum atomic E-state index is 12.0. The highest BCUT2D eigenvalue weighted by molar-refractivity contribution is 5.97. The number of nitrogens with zero attached hydrogens (tertiary/aromatic N) is 2. The first-order valence-electron chi connectivity index (χ1n) is 9.79. The highest BCUT2D eigenvalue weighted by Crippen LogP contribution is 2.30. The number of nitrogen functional groups attached to an aromatic ring is 1. The van der Waals surface area contributed by atoms with Crippen molar-refractivity contribution in [2.24, 2.45) is 0 Å². The molecule has 1 aromatic heterocycles. The van der Waals surface area contributed by atoms with Crippen molar-refractivity contribution < 1.29 is 14.3 Å². The lowest BCUT2D eigenvalue weighted by Crippen LogP contribution is -2.09. The second kappa shape index (κ2) is 9.48. The number of nitrogens with one attached hydrogen (secondary N) is 2. The molecule has 0 fully saturated rings. The van der Waals surface area contributed by atoms with E-state index in [4.69, 9.17) is 15.2 Å². The molecular formula is C24H21N5O3.